The Morgan fingerprint density at radius 2 is 1.91 bits per heavy atom. The highest BCUT2D eigenvalue weighted by atomic mass is 15.2. The van der Waals surface area contributed by atoms with Crippen LogP contribution in [0.1, 0.15) is 33.1 Å². The van der Waals surface area contributed by atoms with E-state index in [-0.39, 0.29) is 0 Å². The number of hydrogen-bond donors (Lipinski definition) is 1. The maximum Gasteiger partial charge on any atom is 0.0589 e. The highest BCUT2D eigenvalue weighted by Crippen LogP contribution is 1.94. The fraction of sp³-hybridized carbons (Fsp3) is 1.00. The second-order valence-electron chi connectivity index (χ2n) is 3.20. The van der Waals surface area contributed by atoms with Crippen molar-refractivity contribution in [3.05, 3.63) is 0 Å². The van der Waals surface area contributed by atoms with E-state index in [1.54, 1.807) is 0 Å². The highest BCUT2D eigenvalue weighted by molar-refractivity contribution is 4.60. The molecule has 0 spiro atoms. The number of rotatable bonds is 6. The summed E-state index contributed by atoms with van der Waals surface area (Å²) >= 11 is 0. The minimum atomic E-state index is 0.557. The first-order valence-electron chi connectivity index (χ1n) is 4.62. The molecule has 0 bridgehead atoms. The lowest BCUT2D eigenvalue weighted by atomic mass is 10.3. The standard InChI is InChI=1S/C9H22N2/c1-5-7-8-10-9(6-2)11(3)4/h9-10H,5-8H2,1-4H3. The maximum absolute atomic E-state index is 3.50. The third kappa shape index (κ3) is 5.22. The Morgan fingerprint density at radius 3 is 2.27 bits per heavy atom. The van der Waals surface area contributed by atoms with Gasteiger partial charge in [0.15, 0.2) is 0 Å². The average Bonchev–Trinajstić information content (AvgIpc) is 1.97. The lowest BCUT2D eigenvalue weighted by Gasteiger charge is -2.23. The van der Waals surface area contributed by atoms with Crippen molar-refractivity contribution < 1.29 is 0 Å². The number of nitrogens with one attached hydrogen (secondary N) is 1. The van der Waals surface area contributed by atoms with Crippen LogP contribution in [0.25, 0.3) is 0 Å². The Kier molecular flexibility index (Phi) is 6.57. The summed E-state index contributed by atoms with van der Waals surface area (Å²) in [6.45, 7) is 5.58. The Labute approximate surface area is 71.0 Å². The van der Waals surface area contributed by atoms with Crippen LogP contribution in [0.5, 0.6) is 0 Å². The Bertz CT molecular complexity index is 81.6. The molecule has 0 radical (unpaired) electrons. The van der Waals surface area contributed by atoms with E-state index >= 15 is 0 Å². The average molecular weight is 158 g/mol. The lowest BCUT2D eigenvalue weighted by molar-refractivity contribution is 0.239. The van der Waals surface area contributed by atoms with Crippen LogP contribution in [0.2, 0.25) is 0 Å². The van der Waals surface area contributed by atoms with Gasteiger partial charge in [0.2, 0.25) is 0 Å². The van der Waals surface area contributed by atoms with Gasteiger partial charge < -0.3 is 5.32 Å². The SMILES string of the molecule is CCCCNC(CC)N(C)C. The quantitative estimate of drug-likeness (QED) is 0.467. The molecule has 0 amide bonds. The van der Waals surface area contributed by atoms with Crippen molar-refractivity contribution in [2.24, 2.45) is 0 Å². The van der Waals surface area contributed by atoms with Crippen molar-refractivity contribution in [1.29, 1.82) is 0 Å². The lowest BCUT2D eigenvalue weighted by Crippen LogP contribution is -2.41. The molecule has 68 valence electrons. The van der Waals surface area contributed by atoms with Crippen LogP contribution in [0.15, 0.2) is 0 Å². The van der Waals surface area contributed by atoms with Crippen molar-refractivity contribution in [3.8, 4) is 0 Å². The van der Waals surface area contributed by atoms with Crippen molar-refractivity contribution in [3.63, 3.8) is 0 Å². The van der Waals surface area contributed by atoms with Crippen LogP contribution in [0.4, 0.5) is 0 Å². The molecular formula is C9H22N2. The van der Waals surface area contributed by atoms with Crippen LogP contribution in [-0.2, 0) is 0 Å². The fourth-order valence-electron chi connectivity index (χ4n) is 1.14. The van der Waals surface area contributed by atoms with Gasteiger partial charge in [0, 0.05) is 0 Å². The van der Waals surface area contributed by atoms with Crippen molar-refractivity contribution in [1.82, 2.24) is 10.2 Å². The Balaban J connectivity index is 3.36. The summed E-state index contributed by atoms with van der Waals surface area (Å²) in [4.78, 5) is 2.23. The third-order valence-corrected chi connectivity index (χ3v) is 1.92. The van der Waals surface area contributed by atoms with E-state index in [2.05, 4.69) is 38.2 Å². The summed E-state index contributed by atoms with van der Waals surface area (Å²) in [5.74, 6) is 0. The second kappa shape index (κ2) is 6.62. The summed E-state index contributed by atoms with van der Waals surface area (Å²) in [7, 11) is 4.24. The topological polar surface area (TPSA) is 15.3 Å². The molecule has 0 aromatic carbocycles. The largest absolute Gasteiger partial charge is 0.302 e. The molecule has 0 saturated carbocycles. The van der Waals surface area contributed by atoms with Crippen molar-refractivity contribution in [2.75, 3.05) is 20.6 Å². The highest BCUT2D eigenvalue weighted by Gasteiger charge is 2.05. The third-order valence-electron chi connectivity index (χ3n) is 1.92. The second-order valence-corrected chi connectivity index (χ2v) is 3.20. The predicted molar refractivity (Wildman–Crippen MR) is 50.7 cm³/mol. The summed E-state index contributed by atoms with van der Waals surface area (Å²) in [6.07, 6.45) is 4.29. The number of hydrogen-bond acceptors (Lipinski definition) is 2. The van der Waals surface area contributed by atoms with E-state index < -0.39 is 0 Å². The van der Waals surface area contributed by atoms with E-state index in [9.17, 15) is 0 Å². The van der Waals surface area contributed by atoms with Gasteiger partial charge in [-0.15, -0.1) is 0 Å². The number of unbranched alkanes of at least 4 members (excludes halogenated alkanes) is 1. The predicted octanol–water partition coefficient (Wildman–Crippen LogP) is 1.67. The molecule has 1 unspecified atom stereocenters. The Morgan fingerprint density at radius 1 is 1.27 bits per heavy atom. The van der Waals surface area contributed by atoms with Crippen LogP contribution < -0.4 is 5.32 Å². The molecule has 0 aliphatic heterocycles. The van der Waals surface area contributed by atoms with E-state index in [1.807, 2.05) is 0 Å². The van der Waals surface area contributed by atoms with E-state index in [0.717, 1.165) is 6.54 Å². The monoisotopic (exact) mass is 158 g/mol. The normalized spacial score (nSPS) is 13.9. The minimum absolute atomic E-state index is 0.557. The molecule has 0 saturated heterocycles. The van der Waals surface area contributed by atoms with Crippen molar-refractivity contribution in [2.45, 2.75) is 39.3 Å². The minimum Gasteiger partial charge on any atom is -0.302 e. The smallest absolute Gasteiger partial charge is 0.0589 e. The zero-order valence-corrected chi connectivity index (χ0v) is 8.35. The van der Waals surface area contributed by atoms with Crippen LogP contribution >= 0.6 is 0 Å². The van der Waals surface area contributed by atoms with E-state index in [0.29, 0.717) is 6.17 Å². The molecule has 2 heteroatoms. The van der Waals surface area contributed by atoms with Crippen LogP contribution in [-0.4, -0.2) is 31.7 Å². The van der Waals surface area contributed by atoms with Gasteiger partial charge in [0.1, 0.15) is 0 Å². The van der Waals surface area contributed by atoms with Gasteiger partial charge in [-0.2, -0.15) is 0 Å². The van der Waals surface area contributed by atoms with Crippen molar-refractivity contribution >= 4 is 0 Å². The summed E-state index contributed by atoms with van der Waals surface area (Å²) in [5, 5.41) is 3.50. The molecule has 0 rings (SSSR count). The van der Waals surface area contributed by atoms with E-state index in [4.69, 9.17) is 0 Å². The maximum atomic E-state index is 3.50. The Hall–Kier alpha value is -0.0800. The first kappa shape index (κ1) is 10.9. The number of nitrogens with zero attached hydrogens (tertiary/aromatic N) is 1. The molecule has 0 fully saturated rings. The summed E-state index contributed by atoms with van der Waals surface area (Å²) in [5.41, 5.74) is 0. The molecule has 2 nitrogen and oxygen atoms in total. The van der Waals surface area contributed by atoms with Gasteiger partial charge in [-0.25, -0.2) is 0 Å². The first-order valence-corrected chi connectivity index (χ1v) is 4.62. The molecule has 1 atom stereocenters. The zero-order valence-electron chi connectivity index (χ0n) is 8.35. The summed E-state index contributed by atoms with van der Waals surface area (Å²) < 4.78 is 0. The van der Waals surface area contributed by atoms with Crippen LogP contribution in [0.3, 0.4) is 0 Å². The zero-order chi connectivity index (χ0) is 8.69. The molecule has 0 aliphatic rings. The van der Waals surface area contributed by atoms with Gasteiger partial charge >= 0.3 is 0 Å². The van der Waals surface area contributed by atoms with Gasteiger partial charge in [0.05, 0.1) is 6.17 Å². The molecule has 1 N–H and O–H groups in total. The molecule has 0 aromatic rings. The van der Waals surface area contributed by atoms with Gasteiger partial charge in [-0.05, 0) is 33.5 Å². The van der Waals surface area contributed by atoms with Gasteiger partial charge in [0.25, 0.3) is 0 Å². The van der Waals surface area contributed by atoms with E-state index in [1.165, 1.54) is 19.3 Å². The molecule has 0 aromatic heterocycles. The molecule has 0 heterocycles. The van der Waals surface area contributed by atoms with Gasteiger partial charge in [-0.1, -0.05) is 20.3 Å². The molecule has 0 aliphatic carbocycles. The summed E-state index contributed by atoms with van der Waals surface area (Å²) in [6, 6.07) is 0. The molecule has 11 heavy (non-hydrogen) atoms. The fourth-order valence-corrected chi connectivity index (χ4v) is 1.14. The molecular weight excluding hydrogens is 136 g/mol. The van der Waals surface area contributed by atoms with Gasteiger partial charge in [-0.3, -0.25) is 4.90 Å². The first-order chi connectivity index (χ1) is 5.22. The van der Waals surface area contributed by atoms with Crippen LogP contribution in [0, 0.1) is 0 Å².